The Balaban J connectivity index is 1.62. The standard InChI is InChI=1S/C24H20FNO2/c25-21-8-6-18(7-9-21)15-26-16-20(12-13-27)23-14-22(10-11-24(23)26)28-17-19-4-2-1-3-5-19/h1-11,13-14,16H,12,15,17H2. The van der Waals surface area contributed by atoms with Crippen LogP contribution in [0.15, 0.2) is 79.0 Å². The molecule has 0 atom stereocenters. The van der Waals surface area contributed by atoms with E-state index in [0.29, 0.717) is 19.6 Å². The van der Waals surface area contributed by atoms with E-state index in [0.717, 1.165) is 39.6 Å². The van der Waals surface area contributed by atoms with Gasteiger partial charge in [0.05, 0.1) is 0 Å². The van der Waals surface area contributed by atoms with Gasteiger partial charge in [-0.15, -0.1) is 0 Å². The predicted octanol–water partition coefficient (Wildman–Crippen LogP) is 5.15. The first-order valence-corrected chi connectivity index (χ1v) is 9.19. The van der Waals surface area contributed by atoms with Crippen molar-refractivity contribution in [3.8, 4) is 5.75 Å². The van der Waals surface area contributed by atoms with Gasteiger partial charge in [-0.05, 0) is 47.0 Å². The first-order valence-electron chi connectivity index (χ1n) is 9.19. The van der Waals surface area contributed by atoms with Gasteiger partial charge in [-0.25, -0.2) is 4.39 Å². The molecule has 0 amide bonds. The van der Waals surface area contributed by atoms with E-state index in [1.54, 1.807) is 12.1 Å². The molecule has 0 unspecified atom stereocenters. The summed E-state index contributed by atoms with van der Waals surface area (Å²) in [7, 11) is 0. The van der Waals surface area contributed by atoms with Gasteiger partial charge in [0.1, 0.15) is 24.5 Å². The maximum Gasteiger partial charge on any atom is 0.124 e. The largest absolute Gasteiger partial charge is 0.489 e. The van der Waals surface area contributed by atoms with E-state index in [2.05, 4.69) is 4.57 Å². The monoisotopic (exact) mass is 373 g/mol. The fourth-order valence-electron chi connectivity index (χ4n) is 3.35. The van der Waals surface area contributed by atoms with Crippen molar-refractivity contribution in [1.29, 1.82) is 0 Å². The van der Waals surface area contributed by atoms with Gasteiger partial charge >= 0.3 is 0 Å². The van der Waals surface area contributed by atoms with Crippen molar-refractivity contribution in [2.75, 3.05) is 0 Å². The maximum atomic E-state index is 13.2. The number of aromatic nitrogens is 1. The van der Waals surface area contributed by atoms with Crippen molar-refractivity contribution >= 4 is 17.2 Å². The van der Waals surface area contributed by atoms with Crippen LogP contribution in [0, 0.1) is 5.82 Å². The van der Waals surface area contributed by atoms with E-state index in [-0.39, 0.29) is 5.82 Å². The quantitative estimate of drug-likeness (QED) is 0.420. The van der Waals surface area contributed by atoms with Crippen LogP contribution >= 0.6 is 0 Å². The zero-order valence-corrected chi connectivity index (χ0v) is 15.3. The highest BCUT2D eigenvalue weighted by Crippen LogP contribution is 2.27. The van der Waals surface area contributed by atoms with Crippen LogP contribution in [-0.2, 0) is 24.4 Å². The summed E-state index contributed by atoms with van der Waals surface area (Å²) in [4.78, 5) is 11.1. The summed E-state index contributed by atoms with van der Waals surface area (Å²) in [5, 5.41) is 1.000. The third-order valence-corrected chi connectivity index (χ3v) is 4.75. The molecule has 0 spiro atoms. The Kier molecular flexibility index (Phi) is 5.20. The Morgan fingerprint density at radius 3 is 2.46 bits per heavy atom. The molecule has 1 heterocycles. The zero-order chi connectivity index (χ0) is 19.3. The number of halogens is 1. The van der Waals surface area contributed by atoms with Gasteiger partial charge in [0.25, 0.3) is 0 Å². The van der Waals surface area contributed by atoms with Crippen LogP contribution in [0.3, 0.4) is 0 Å². The lowest BCUT2D eigenvalue weighted by atomic mass is 10.1. The molecule has 0 aliphatic carbocycles. The summed E-state index contributed by atoms with van der Waals surface area (Å²) in [5.74, 6) is 0.519. The lowest BCUT2D eigenvalue weighted by molar-refractivity contribution is -0.107. The molecular weight excluding hydrogens is 353 g/mol. The van der Waals surface area contributed by atoms with E-state index in [1.807, 2.05) is 54.7 Å². The minimum absolute atomic E-state index is 0.247. The first-order chi connectivity index (χ1) is 13.7. The Morgan fingerprint density at radius 2 is 1.71 bits per heavy atom. The Bertz CT molecular complexity index is 1090. The smallest absolute Gasteiger partial charge is 0.124 e. The minimum Gasteiger partial charge on any atom is -0.489 e. The molecule has 0 radical (unpaired) electrons. The van der Waals surface area contributed by atoms with Crippen molar-refractivity contribution < 1.29 is 13.9 Å². The van der Waals surface area contributed by atoms with E-state index in [9.17, 15) is 9.18 Å². The van der Waals surface area contributed by atoms with Crippen molar-refractivity contribution in [2.24, 2.45) is 0 Å². The van der Waals surface area contributed by atoms with Gasteiger partial charge in [-0.2, -0.15) is 0 Å². The average molecular weight is 373 g/mol. The summed E-state index contributed by atoms with van der Waals surface area (Å²) < 4.78 is 21.2. The van der Waals surface area contributed by atoms with Crippen LogP contribution in [0.5, 0.6) is 5.75 Å². The van der Waals surface area contributed by atoms with Gasteiger partial charge < -0.3 is 14.1 Å². The van der Waals surface area contributed by atoms with Gasteiger partial charge in [0, 0.05) is 30.1 Å². The highest BCUT2D eigenvalue weighted by atomic mass is 19.1. The highest BCUT2D eigenvalue weighted by molar-refractivity contribution is 5.87. The molecule has 0 bridgehead atoms. The molecular formula is C24H20FNO2. The van der Waals surface area contributed by atoms with Crippen LogP contribution in [0.4, 0.5) is 4.39 Å². The zero-order valence-electron chi connectivity index (χ0n) is 15.3. The molecule has 0 aliphatic rings. The SMILES string of the molecule is O=CCc1cn(Cc2ccc(F)cc2)c2ccc(OCc3ccccc3)cc12. The number of carbonyl (C=O) groups is 1. The molecule has 140 valence electrons. The Labute approximate surface area is 163 Å². The molecule has 1 aromatic heterocycles. The molecule has 0 N–H and O–H groups in total. The Morgan fingerprint density at radius 1 is 0.929 bits per heavy atom. The summed E-state index contributed by atoms with van der Waals surface area (Å²) in [5.41, 5.74) is 4.08. The lowest BCUT2D eigenvalue weighted by Gasteiger charge is -2.08. The summed E-state index contributed by atoms with van der Waals surface area (Å²) >= 11 is 0. The number of rotatable bonds is 7. The van der Waals surface area contributed by atoms with E-state index in [4.69, 9.17) is 4.74 Å². The number of aldehydes is 1. The topological polar surface area (TPSA) is 31.2 Å². The fraction of sp³-hybridized carbons (Fsp3) is 0.125. The van der Waals surface area contributed by atoms with Gasteiger partial charge in [-0.3, -0.25) is 0 Å². The van der Waals surface area contributed by atoms with Crippen LogP contribution in [0.2, 0.25) is 0 Å². The van der Waals surface area contributed by atoms with E-state index >= 15 is 0 Å². The van der Waals surface area contributed by atoms with Crippen LogP contribution < -0.4 is 4.74 Å². The second-order valence-electron chi connectivity index (χ2n) is 6.73. The van der Waals surface area contributed by atoms with Crippen molar-refractivity contribution in [2.45, 2.75) is 19.6 Å². The van der Waals surface area contributed by atoms with Crippen LogP contribution in [-0.4, -0.2) is 10.9 Å². The second-order valence-corrected chi connectivity index (χ2v) is 6.73. The predicted molar refractivity (Wildman–Crippen MR) is 108 cm³/mol. The molecule has 4 heteroatoms. The number of ether oxygens (including phenoxy) is 1. The first kappa shape index (κ1) is 18.0. The molecule has 0 saturated carbocycles. The molecule has 4 rings (SSSR count). The van der Waals surface area contributed by atoms with Crippen molar-refractivity contribution in [3.05, 3.63) is 102 Å². The number of carbonyl (C=O) groups excluding carboxylic acids is 1. The molecule has 28 heavy (non-hydrogen) atoms. The number of nitrogens with zero attached hydrogens (tertiary/aromatic N) is 1. The van der Waals surface area contributed by atoms with Crippen molar-refractivity contribution in [3.63, 3.8) is 0 Å². The number of hydrogen-bond acceptors (Lipinski definition) is 2. The second kappa shape index (κ2) is 8.09. The van der Waals surface area contributed by atoms with Gasteiger partial charge in [0.2, 0.25) is 0 Å². The average Bonchev–Trinajstić information content (AvgIpc) is 3.06. The van der Waals surface area contributed by atoms with E-state index in [1.165, 1.54) is 12.1 Å². The van der Waals surface area contributed by atoms with Crippen LogP contribution in [0.25, 0.3) is 10.9 Å². The van der Waals surface area contributed by atoms with E-state index < -0.39 is 0 Å². The Hall–Kier alpha value is -3.40. The third-order valence-electron chi connectivity index (χ3n) is 4.75. The number of fused-ring (bicyclic) bond motifs is 1. The summed E-state index contributed by atoms with van der Waals surface area (Å²) in [6.07, 6.45) is 3.24. The maximum absolute atomic E-state index is 13.2. The normalized spacial score (nSPS) is 10.9. The highest BCUT2D eigenvalue weighted by Gasteiger charge is 2.10. The molecule has 0 aliphatic heterocycles. The number of benzene rings is 3. The van der Waals surface area contributed by atoms with Gasteiger partial charge in [0.15, 0.2) is 0 Å². The summed E-state index contributed by atoms with van der Waals surface area (Å²) in [6, 6.07) is 22.4. The fourth-order valence-corrected chi connectivity index (χ4v) is 3.35. The minimum atomic E-state index is -0.247. The van der Waals surface area contributed by atoms with Crippen molar-refractivity contribution in [1.82, 2.24) is 4.57 Å². The summed E-state index contributed by atoms with van der Waals surface area (Å²) in [6.45, 7) is 1.10. The molecule has 3 aromatic carbocycles. The molecule has 3 nitrogen and oxygen atoms in total. The van der Waals surface area contributed by atoms with Gasteiger partial charge in [-0.1, -0.05) is 42.5 Å². The lowest BCUT2D eigenvalue weighted by Crippen LogP contribution is -1.98. The molecule has 4 aromatic rings. The number of hydrogen-bond donors (Lipinski definition) is 0. The molecule has 0 saturated heterocycles. The third kappa shape index (κ3) is 3.96. The molecule has 0 fully saturated rings. The van der Waals surface area contributed by atoms with Crippen LogP contribution in [0.1, 0.15) is 16.7 Å².